The lowest BCUT2D eigenvalue weighted by atomic mass is 10.1. The van der Waals surface area contributed by atoms with Crippen molar-refractivity contribution in [2.24, 2.45) is 13.0 Å². The fraction of sp³-hybridized carbons (Fsp3) is 0.667. The highest BCUT2D eigenvalue weighted by Gasteiger charge is 2.24. The number of nitriles is 1. The molecule has 3 heterocycles. The normalized spacial score (nSPS) is 15.0. The van der Waals surface area contributed by atoms with Gasteiger partial charge in [-0.2, -0.15) is 10.2 Å². The van der Waals surface area contributed by atoms with Crippen LogP contribution in [-0.4, -0.2) is 31.8 Å². The molecule has 140 valence electrons. The number of fused-ring (bicyclic) bond motifs is 1. The van der Waals surface area contributed by atoms with E-state index >= 15 is 0 Å². The summed E-state index contributed by atoms with van der Waals surface area (Å²) in [5, 5.41) is 8.84. The third-order valence-corrected chi connectivity index (χ3v) is 4.85. The first kappa shape index (κ1) is 18.2. The number of piperidine rings is 1. The third kappa shape index (κ3) is 3.14. The van der Waals surface area contributed by atoms with Crippen molar-refractivity contribution >= 4 is 17.1 Å². The van der Waals surface area contributed by atoms with Gasteiger partial charge in [-0.15, -0.1) is 0 Å². The van der Waals surface area contributed by atoms with Crippen LogP contribution in [-0.2, 0) is 20.1 Å². The van der Waals surface area contributed by atoms with Crippen LogP contribution in [0.25, 0.3) is 11.2 Å². The van der Waals surface area contributed by atoms with Gasteiger partial charge in [-0.1, -0.05) is 13.8 Å². The van der Waals surface area contributed by atoms with Crippen molar-refractivity contribution in [3.63, 3.8) is 0 Å². The lowest BCUT2D eigenvalue weighted by Gasteiger charge is -2.28. The SMILES string of the molecule is CC(C)Cn1c(N2CCCCC2)nc2c1c(=O)n(CCC#N)c(=O)n2C. The molecular weight excluding hydrogens is 332 g/mol. The molecule has 1 saturated heterocycles. The monoisotopic (exact) mass is 358 g/mol. The van der Waals surface area contributed by atoms with Gasteiger partial charge in [-0.25, -0.2) is 4.79 Å². The Hall–Kier alpha value is -2.56. The maximum Gasteiger partial charge on any atom is 0.332 e. The summed E-state index contributed by atoms with van der Waals surface area (Å²) < 4.78 is 4.55. The van der Waals surface area contributed by atoms with Gasteiger partial charge in [-0.05, 0) is 25.2 Å². The van der Waals surface area contributed by atoms with Crippen molar-refractivity contribution in [1.29, 1.82) is 5.26 Å². The highest BCUT2D eigenvalue weighted by Crippen LogP contribution is 2.24. The fourth-order valence-corrected chi connectivity index (χ4v) is 3.59. The van der Waals surface area contributed by atoms with Gasteiger partial charge in [0.1, 0.15) is 0 Å². The maximum atomic E-state index is 13.1. The first-order valence-electron chi connectivity index (χ1n) is 9.27. The molecule has 8 nitrogen and oxygen atoms in total. The molecule has 26 heavy (non-hydrogen) atoms. The predicted octanol–water partition coefficient (Wildman–Crippen LogP) is 1.46. The molecule has 0 radical (unpaired) electrons. The largest absolute Gasteiger partial charge is 0.342 e. The van der Waals surface area contributed by atoms with E-state index in [0.29, 0.717) is 23.6 Å². The molecule has 0 bridgehead atoms. The summed E-state index contributed by atoms with van der Waals surface area (Å²) in [7, 11) is 1.64. The minimum absolute atomic E-state index is 0.101. The Morgan fingerprint density at radius 3 is 2.46 bits per heavy atom. The number of imidazole rings is 1. The maximum absolute atomic E-state index is 13.1. The van der Waals surface area contributed by atoms with Crippen LogP contribution < -0.4 is 16.1 Å². The zero-order chi connectivity index (χ0) is 18.8. The Kier molecular flexibility index (Phi) is 5.16. The van der Waals surface area contributed by atoms with E-state index in [1.54, 1.807) is 7.05 Å². The van der Waals surface area contributed by atoms with E-state index in [9.17, 15) is 9.59 Å². The van der Waals surface area contributed by atoms with E-state index in [2.05, 4.69) is 18.7 Å². The molecule has 3 rings (SSSR count). The van der Waals surface area contributed by atoms with Crippen molar-refractivity contribution < 1.29 is 0 Å². The summed E-state index contributed by atoms with van der Waals surface area (Å²) in [6, 6.07) is 2.00. The van der Waals surface area contributed by atoms with E-state index in [0.717, 1.165) is 36.4 Å². The van der Waals surface area contributed by atoms with Crippen molar-refractivity contribution in [3.8, 4) is 6.07 Å². The van der Waals surface area contributed by atoms with Crippen LogP contribution in [0.15, 0.2) is 9.59 Å². The average Bonchev–Trinajstić information content (AvgIpc) is 2.99. The first-order valence-corrected chi connectivity index (χ1v) is 9.27. The van der Waals surface area contributed by atoms with E-state index in [1.165, 1.54) is 11.0 Å². The van der Waals surface area contributed by atoms with Gasteiger partial charge in [0.2, 0.25) is 5.95 Å². The zero-order valence-corrected chi connectivity index (χ0v) is 15.7. The highest BCUT2D eigenvalue weighted by atomic mass is 16.2. The lowest BCUT2D eigenvalue weighted by Crippen LogP contribution is -2.39. The van der Waals surface area contributed by atoms with E-state index < -0.39 is 5.69 Å². The number of hydrogen-bond donors (Lipinski definition) is 0. The second-order valence-electron chi connectivity index (χ2n) is 7.34. The number of rotatable bonds is 5. The summed E-state index contributed by atoms with van der Waals surface area (Å²) in [5.74, 6) is 1.11. The smallest absolute Gasteiger partial charge is 0.332 e. The Balaban J connectivity index is 2.27. The minimum Gasteiger partial charge on any atom is -0.342 e. The summed E-state index contributed by atoms with van der Waals surface area (Å²) in [4.78, 5) is 32.6. The molecule has 2 aromatic rings. The molecular formula is C18H26N6O2. The molecule has 2 aromatic heterocycles. The standard InChI is InChI=1S/C18H26N6O2/c1-13(2)12-24-14-15(20-17(24)22-9-5-4-6-10-22)21(3)18(26)23(16(14)25)11-7-8-19/h13H,4-7,9-12H2,1-3H3. The molecule has 8 heteroatoms. The molecule has 0 aromatic carbocycles. The van der Waals surface area contributed by atoms with Gasteiger partial charge < -0.3 is 9.47 Å². The zero-order valence-electron chi connectivity index (χ0n) is 15.7. The number of hydrogen-bond acceptors (Lipinski definition) is 5. The topological polar surface area (TPSA) is 88.8 Å². The molecule has 0 saturated carbocycles. The molecule has 1 aliphatic rings. The molecule has 1 aliphatic heterocycles. The van der Waals surface area contributed by atoms with Gasteiger partial charge in [0.15, 0.2) is 11.2 Å². The van der Waals surface area contributed by atoms with Crippen LogP contribution in [0.3, 0.4) is 0 Å². The van der Waals surface area contributed by atoms with Gasteiger partial charge in [-0.3, -0.25) is 13.9 Å². The van der Waals surface area contributed by atoms with Gasteiger partial charge in [0.25, 0.3) is 5.56 Å². The minimum atomic E-state index is -0.419. The van der Waals surface area contributed by atoms with Gasteiger partial charge in [0, 0.05) is 33.2 Å². The molecule has 0 aliphatic carbocycles. The molecule has 0 N–H and O–H groups in total. The molecule has 0 spiro atoms. The van der Waals surface area contributed by atoms with Crippen LogP contribution in [0.1, 0.15) is 39.5 Å². The third-order valence-electron chi connectivity index (χ3n) is 4.85. The number of aryl methyl sites for hydroxylation is 1. The summed E-state index contributed by atoms with van der Waals surface area (Å²) >= 11 is 0. The summed E-state index contributed by atoms with van der Waals surface area (Å²) in [6.45, 7) is 6.79. The molecule has 1 fully saturated rings. The van der Waals surface area contributed by atoms with E-state index in [1.807, 2.05) is 10.6 Å². The van der Waals surface area contributed by atoms with E-state index in [-0.39, 0.29) is 18.5 Å². The van der Waals surface area contributed by atoms with Crippen LogP contribution >= 0.6 is 0 Å². The first-order chi connectivity index (χ1) is 12.5. The Bertz CT molecular complexity index is 953. The quantitative estimate of drug-likeness (QED) is 0.807. The van der Waals surface area contributed by atoms with Gasteiger partial charge >= 0.3 is 5.69 Å². The summed E-state index contributed by atoms with van der Waals surface area (Å²) in [5.41, 5.74) is 0.112. The van der Waals surface area contributed by atoms with Crippen LogP contribution in [0.5, 0.6) is 0 Å². The molecule has 0 unspecified atom stereocenters. The number of anilines is 1. The van der Waals surface area contributed by atoms with Crippen molar-refractivity contribution in [3.05, 3.63) is 20.8 Å². The lowest BCUT2D eigenvalue weighted by molar-refractivity contribution is 0.508. The Morgan fingerprint density at radius 1 is 1.15 bits per heavy atom. The molecule has 0 amide bonds. The molecule has 0 atom stereocenters. The van der Waals surface area contributed by atoms with Crippen LogP contribution in [0.4, 0.5) is 5.95 Å². The Morgan fingerprint density at radius 2 is 1.85 bits per heavy atom. The second kappa shape index (κ2) is 7.36. The second-order valence-corrected chi connectivity index (χ2v) is 7.34. The summed E-state index contributed by atoms with van der Waals surface area (Å²) in [6.07, 6.45) is 3.55. The van der Waals surface area contributed by atoms with Crippen molar-refractivity contribution in [2.75, 3.05) is 18.0 Å². The van der Waals surface area contributed by atoms with Crippen LogP contribution in [0, 0.1) is 17.2 Å². The fourth-order valence-electron chi connectivity index (χ4n) is 3.59. The van der Waals surface area contributed by atoms with Crippen molar-refractivity contribution in [2.45, 2.75) is 52.6 Å². The highest BCUT2D eigenvalue weighted by molar-refractivity contribution is 5.74. The number of nitrogens with zero attached hydrogens (tertiary/aromatic N) is 6. The predicted molar refractivity (Wildman–Crippen MR) is 100 cm³/mol. The Labute approximate surface area is 152 Å². The number of aromatic nitrogens is 4. The average molecular weight is 358 g/mol. The van der Waals surface area contributed by atoms with Crippen molar-refractivity contribution in [1.82, 2.24) is 18.7 Å². The van der Waals surface area contributed by atoms with Crippen LogP contribution in [0.2, 0.25) is 0 Å². The van der Waals surface area contributed by atoms with Gasteiger partial charge in [0.05, 0.1) is 12.5 Å². The van der Waals surface area contributed by atoms with E-state index in [4.69, 9.17) is 10.2 Å².